The number of rotatable bonds is 4. The standard InChI is InChI=1S/C11H19N3S2/c1-8(2)10-13-11(16-14-10)12-7-9-3-5-15-6-4-9/h8-9H,3-7H2,1-2H3,(H,12,13,14). The molecule has 1 N–H and O–H groups in total. The highest BCUT2D eigenvalue weighted by molar-refractivity contribution is 7.99. The Hall–Kier alpha value is -0.290. The van der Waals surface area contributed by atoms with E-state index < -0.39 is 0 Å². The van der Waals surface area contributed by atoms with E-state index in [1.807, 2.05) is 0 Å². The molecule has 0 spiro atoms. The lowest BCUT2D eigenvalue weighted by molar-refractivity contribution is 0.516. The molecule has 0 saturated carbocycles. The molecule has 90 valence electrons. The van der Waals surface area contributed by atoms with Crippen LogP contribution in [0, 0.1) is 5.92 Å². The maximum atomic E-state index is 4.49. The molecule has 3 nitrogen and oxygen atoms in total. The van der Waals surface area contributed by atoms with E-state index >= 15 is 0 Å². The van der Waals surface area contributed by atoms with Crippen molar-refractivity contribution in [2.45, 2.75) is 32.6 Å². The molecule has 1 aliphatic heterocycles. The third-order valence-corrected chi connectivity index (χ3v) is 4.58. The van der Waals surface area contributed by atoms with Gasteiger partial charge in [0.2, 0.25) is 5.13 Å². The molecule has 0 atom stereocenters. The van der Waals surface area contributed by atoms with Crippen molar-refractivity contribution in [1.29, 1.82) is 0 Å². The van der Waals surface area contributed by atoms with E-state index in [4.69, 9.17) is 0 Å². The predicted molar refractivity (Wildman–Crippen MR) is 72.5 cm³/mol. The topological polar surface area (TPSA) is 37.8 Å². The fourth-order valence-electron chi connectivity index (χ4n) is 1.72. The first kappa shape index (κ1) is 12.2. The maximum Gasteiger partial charge on any atom is 0.202 e. The van der Waals surface area contributed by atoms with Crippen molar-refractivity contribution in [1.82, 2.24) is 9.36 Å². The number of nitrogens with zero attached hydrogens (tertiary/aromatic N) is 2. The molecule has 16 heavy (non-hydrogen) atoms. The number of hydrogen-bond acceptors (Lipinski definition) is 5. The minimum absolute atomic E-state index is 0.429. The van der Waals surface area contributed by atoms with Gasteiger partial charge in [-0.15, -0.1) is 0 Å². The van der Waals surface area contributed by atoms with Gasteiger partial charge in [-0.25, -0.2) is 4.98 Å². The molecule has 5 heteroatoms. The zero-order valence-corrected chi connectivity index (χ0v) is 11.5. The number of thioether (sulfide) groups is 1. The van der Waals surface area contributed by atoms with Crippen LogP contribution < -0.4 is 5.32 Å². The molecule has 2 rings (SSSR count). The van der Waals surface area contributed by atoms with Crippen molar-refractivity contribution in [3.63, 3.8) is 0 Å². The summed E-state index contributed by atoms with van der Waals surface area (Å²) in [5.74, 6) is 4.86. The summed E-state index contributed by atoms with van der Waals surface area (Å²) in [6.45, 7) is 5.32. The summed E-state index contributed by atoms with van der Waals surface area (Å²) in [6.07, 6.45) is 2.68. The van der Waals surface area contributed by atoms with Crippen LogP contribution in [0.4, 0.5) is 5.13 Å². The van der Waals surface area contributed by atoms with Crippen LogP contribution in [0.15, 0.2) is 0 Å². The predicted octanol–water partition coefficient (Wildman–Crippen LogP) is 3.22. The fourth-order valence-corrected chi connectivity index (χ4v) is 3.64. The number of aromatic nitrogens is 2. The highest BCUT2D eigenvalue weighted by Crippen LogP contribution is 2.24. The molecular weight excluding hydrogens is 238 g/mol. The first-order chi connectivity index (χ1) is 7.75. The van der Waals surface area contributed by atoms with Crippen LogP contribution in [0.1, 0.15) is 38.4 Å². The fraction of sp³-hybridized carbons (Fsp3) is 0.818. The van der Waals surface area contributed by atoms with Crippen LogP contribution in [-0.2, 0) is 0 Å². The van der Waals surface area contributed by atoms with Crippen LogP contribution in [0.5, 0.6) is 0 Å². The molecule has 0 aliphatic carbocycles. The molecule has 0 amide bonds. The first-order valence-corrected chi connectivity index (χ1v) is 7.83. The van der Waals surface area contributed by atoms with E-state index in [1.165, 1.54) is 35.9 Å². The Balaban J connectivity index is 1.79. The van der Waals surface area contributed by atoms with Crippen molar-refractivity contribution in [2.75, 3.05) is 23.4 Å². The van der Waals surface area contributed by atoms with E-state index in [0.29, 0.717) is 5.92 Å². The summed E-state index contributed by atoms with van der Waals surface area (Å²) in [4.78, 5) is 4.49. The summed E-state index contributed by atoms with van der Waals surface area (Å²) >= 11 is 3.56. The monoisotopic (exact) mass is 257 g/mol. The molecule has 1 aromatic heterocycles. The first-order valence-electron chi connectivity index (χ1n) is 5.91. The van der Waals surface area contributed by atoms with Gasteiger partial charge in [0.15, 0.2) is 0 Å². The molecule has 2 heterocycles. The summed E-state index contributed by atoms with van der Waals surface area (Å²) in [7, 11) is 0. The average Bonchev–Trinajstić information content (AvgIpc) is 2.76. The Morgan fingerprint density at radius 3 is 2.75 bits per heavy atom. The summed E-state index contributed by atoms with van der Waals surface area (Å²) in [6, 6.07) is 0. The summed E-state index contributed by atoms with van der Waals surface area (Å²) < 4.78 is 4.34. The Morgan fingerprint density at radius 1 is 1.38 bits per heavy atom. The van der Waals surface area contributed by atoms with Gasteiger partial charge in [-0.3, -0.25) is 0 Å². The molecule has 0 aromatic carbocycles. The highest BCUT2D eigenvalue weighted by atomic mass is 32.2. The quantitative estimate of drug-likeness (QED) is 0.899. The van der Waals surface area contributed by atoms with Gasteiger partial charge in [-0.2, -0.15) is 16.1 Å². The van der Waals surface area contributed by atoms with E-state index in [-0.39, 0.29) is 0 Å². The lowest BCUT2D eigenvalue weighted by Gasteiger charge is -2.21. The van der Waals surface area contributed by atoms with Crippen LogP contribution in [0.3, 0.4) is 0 Å². The zero-order chi connectivity index (χ0) is 11.4. The van der Waals surface area contributed by atoms with E-state index in [1.54, 1.807) is 0 Å². The molecule has 1 fully saturated rings. The highest BCUT2D eigenvalue weighted by Gasteiger charge is 2.14. The van der Waals surface area contributed by atoms with Crippen molar-refractivity contribution in [3.05, 3.63) is 5.82 Å². The second kappa shape index (κ2) is 5.87. The third-order valence-electron chi connectivity index (χ3n) is 2.84. The molecule has 1 saturated heterocycles. The minimum Gasteiger partial charge on any atom is -0.360 e. The zero-order valence-electron chi connectivity index (χ0n) is 9.90. The van der Waals surface area contributed by atoms with E-state index in [9.17, 15) is 0 Å². The van der Waals surface area contributed by atoms with Gasteiger partial charge in [-0.05, 0) is 30.3 Å². The van der Waals surface area contributed by atoms with Gasteiger partial charge < -0.3 is 5.32 Å². The average molecular weight is 257 g/mol. The van der Waals surface area contributed by atoms with Gasteiger partial charge in [0, 0.05) is 24.0 Å². The van der Waals surface area contributed by atoms with Crippen LogP contribution in [0.25, 0.3) is 0 Å². The largest absolute Gasteiger partial charge is 0.360 e. The second-order valence-electron chi connectivity index (χ2n) is 4.55. The molecular formula is C11H19N3S2. The SMILES string of the molecule is CC(C)c1nsc(NCC2CCSCC2)n1. The van der Waals surface area contributed by atoms with Crippen molar-refractivity contribution in [2.24, 2.45) is 5.92 Å². The molecule has 1 aromatic rings. The molecule has 0 bridgehead atoms. The Labute approximate surface area is 106 Å². The minimum atomic E-state index is 0.429. The molecule has 0 radical (unpaired) electrons. The number of hydrogen-bond donors (Lipinski definition) is 1. The van der Waals surface area contributed by atoms with Crippen molar-refractivity contribution >= 4 is 28.4 Å². The van der Waals surface area contributed by atoms with Gasteiger partial charge in [0.25, 0.3) is 0 Å². The lowest BCUT2D eigenvalue weighted by Crippen LogP contribution is -2.19. The summed E-state index contributed by atoms with van der Waals surface area (Å²) in [5.41, 5.74) is 0. The maximum absolute atomic E-state index is 4.49. The van der Waals surface area contributed by atoms with Crippen LogP contribution in [0.2, 0.25) is 0 Å². The van der Waals surface area contributed by atoms with Crippen LogP contribution >= 0.6 is 23.3 Å². The second-order valence-corrected chi connectivity index (χ2v) is 6.53. The Kier molecular flexibility index (Phi) is 4.46. The number of anilines is 1. The van der Waals surface area contributed by atoms with E-state index in [2.05, 4.69) is 40.3 Å². The summed E-state index contributed by atoms with van der Waals surface area (Å²) in [5, 5.41) is 4.41. The molecule has 1 aliphatic rings. The van der Waals surface area contributed by atoms with Crippen LogP contribution in [-0.4, -0.2) is 27.4 Å². The normalized spacial score (nSPS) is 17.9. The lowest BCUT2D eigenvalue weighted by atomic mass is 10.0. The number of nitrogens with one attached hydrogen (secondary N) is 1. The smallest absolute Gasteiger partial charge is 0.202 e. The molecule has 0 unspecified atom stereocenters. The van der Waals surface area contributed by atoms with Gasteiger partial charge >= 0.3 is 0 Å². The van der Waals surface area contributed by atoms with E-state index in [0.717, 1.165) is 23.4 Å². The van der Waals surface area contributed by atoms with Gasteiger partial charge in [0.05, 0.1) is 0 Å². The Bertz CT molecular complexity index is 319. The van der Waals surface area contributed by atoms with Gasteiger partial charge in [0.1, 0.15) is 5.82 Å². The van der Waals surface area contributed by atoms with Crippen molar-refractivity contribution in [3.8, 4) is 0 Å². The van der Waals surface area contributed by atoms with Crippen molar-refractivity contribution < 1.29 is 0 Å². The Morgan fingerprint density at radius 2 is 2.12 bits per heavy atom. The van der Waals surface area contributed by atoms with Gasteiger partial charge in [-0.1, -0.05) is 13.8 Å². The third kappa shape index (κ3) is 3.35.